The van der Waals surface area contributed by atoms with Crippen molar-refractivity contribution in [1.29, 1.82) is 0 Å². The van der Waals surface area contributed by atoms with Gasteiger partial charge in [-0.1, -0.05) is 0 Å². The van der Waals surface area contributed by atoms with Gasteiger partial charge in [-0.25, -0.2) is 0 Å². The van der Waals surface area contributed by atoms with Gasteiger partial charge in [0.1, 0.15) is 5.69 Å². The Hall–Kier alpha value is -1.45. The van der Waals surface area contributed by atoms with E-state index in [1.165, 1.54) is 19.5 Å². The second-order valence-corrected chi connectivity index (χ2v) is 1.87. The summed E-state index contributed by atoms with van der Waals surface area (Å²) in [4.78, 5) is 0. The normalized spacial score (nSPS) is 9.30. The lowest BCUT2D eigenvalue weighted by Gasteiger charge is -2.00. The molecule has 0 aliphatic carbocycles. The van der Waals surface area contributed by atoms with Crippen molar-refractivity contribution < 1.29 is 9.47 Å². The predicted octanol–water partition coefficient (Wildman–Crippen LogP) is -0.0892. The monoisotopic (exact) mass is 140 g/mol. The molecule has 1 aromatic heterocycles. The van der Waals surface area contributed by atoms with Crippen LogP contribution in [0.1, 0.15) is 0 Å². The molecule has 0 spiro atoms. The minimum atomic E-state index is 0.398. The first kappa shape index (κ1) is 6.67. The van der Waals surface area contributed by atoms with E-state index >= 15 is 0 Å². The Kier molecular flexibility index (Phi) is 1.62. The van der Waals surface area contributed by atoms with E-state index in [0.29, 0.717) is 16.2 Å². The van der Waals surface area contributed by atoms with E-state index in [2.05, 4.69) is 0 Å². The van der Waals surface area contributed by atoms with Crippen LogP contribution in [0, 0.1) is 5.21 Å². The highest BCUT2D eigenvalue weighted by Gasteiger charge is 1.98. The maximum absolute atomic E-state index is 10.6. The summed E-state index contributed by atoms with van der Waals surface area (Å²) >= 11 is 0. The first-order chi connectivity index (χ1) is 4.72. The van der Waals surface area contributed by atoms with Crippen LogP contribution in [0.15, 0.2) is 18.5 Å². The van der Waals surface area contributed by atoms with Crippen LogP contribution < -0.4 is 15.2 Å². The Morgan fingerprint density at radius 2 is 2.30 bits per heavy atom. The average molecular weight is 140 g/mol. The highest BCUT2D eigenvalue weighted by Crippen LogP contribution is 2.09. The number of methoxy groups -OCH3 is 1. The number of pyridine rings is 1. The third-order valence-corrected chi connectivity index (χ3v) is 1.08. The van der Waals surface area contributed by atoms with Crippen LogP contribution in [-0.2, 0) is 0 Å². The Bertz CT molecular complexity index is 217. The van der Waals surface area contributed by atoms with Gasteiger partial charge in [0.25, 0.3) is 0 Å². The number of nitrogens with two attached hydrogens (primary N) is 1. The molecule has 4 heteroatoms. The van der Waals surface area contributed by atoms with Crippen molar-refractivity contribution in [1.82, 2.24) is 0 Å². The molecule has 0 fully saturated rings. The maximum atomic E-state index is 10.6. The van der Waals surface area contributed by atoms with E-state index in [4.69, 9.17) is 10.5 Å². The van der Waals surface area contributed by atoms with Crippen molar-refractivity contribution in [2.24, 2.45) is 0 Å². The number of rotatable bonds is 1. The van der Waals surface area contributed by atoms with Crippen molar-refractivity contribution in [3.05, 3.63) is 23.7 Å². The molecule has 0 aromatic carbocycles. The molecular formula is C6H8N2O2. The summed E-state index contributed by atoms with van der Waals surface area (Å²) in [5.41, 5.74) is 5.73. The van der Waals surface area contributed by atoms with Crippen molar-refractivity contribution in [3.8, 4) is 5.75 Å². The van der Waals surface area contributed by atoms with Crippen LogP contribution in [-0.4, -0.2) is 7.11 Å². The van der Waals surface area contributed by atoms with Gasteiger partial charge in [0.05, 0.1) is 7.11 Å². The molecule has 0 amide bonds. The Morgan fingerprint density at radius 3 is 2.80 bits per heavy atom. The Morgan fingerprint density at radius 1 is 1.60 bits per heavy atom. The van der Waals surface area contributed by atoms with Crippen molar-refractivity contribution >= 4 is 5.69 Å². The summed E-state index contributed by atoms with van der Waals surface area (Å²) in [6, 6.07) is 1.58. The second kappa shape index (κ2) is 2.43. The van der Waals surface area contributed by atoms with E-state index in [1.807, 2.05) is 0 Å². The number of hydrogen-bond acceptors (Lipinski definition) is 3. The van der Waals surface area contributed by atoms with E-state index in [9.17, 15) is 5.21 Å². The van der Waals surface area contributed by atoms with Crippen molar-refractivity contribution in [3.63, 3.8) is 0 Å². The van der Waals surface area contributed by atoms with Gasteiger partial charge in [0.2, 0.25) is 12.4 Å². The summed E-state index contributed by atoms with van der Waals surface area (Å²) in [7, 11) is 1.48. The van der Waals surface area contributed by atoms with Crippen molar-refractivity contribution in [2.75, 3.05) is 12.8 Å². The standard InChI is InChI=1S/C6H8N2O2/c1-10-6-2-5(7)3-8(9)4-6/h2-4H,7H2,1H3. The molecule has 0 saturated carbocycles. The minimum absolute atomic E-state index is 0.398. The third kappa shape index (κ3) is 1.28. The topological polar surface area (TPSA) is 62.2 Å². The fraction of sp³-hybridized carbons (Fsp3) is 0.167. The molecular weight excluding hydrogens is 132 g/mol. The van der Waals surface area contributed by atoms with E-state index in [0.717, 1.165) is 0 Å². The highest BCUT2D eigenvalue weighted by molar-refractivity contribution is 5.37. The third-order valence-electron chi connectivity index (χ3n) is 1.08. The molecule has 0 radical (unpaired) electrons. The molecule has 54 valence electrons. The average Bonchev–Trinajstić information content (AvgIpc) is 1.85. The molecule has 1 heterocycles. The molecule has 10 heavy (non-hydrogen) atoms. The summed E-state index contributed by atoms with van der Waals surface area (Å²) < 4.78 is 5.38. The summed E-state index contributed by atoms with van der Waals surface area (Å²) in [6.45, 7) is 0. The van der Waals surface area contributed by atoms with E-state index in [-0.39, 0.29) is 0 Å². The molecule has 0 aliphatic rings. The molecule has 0 aliphatic heterocycles. The number of nitrogen functional groups attached to an aromatic ring is 1. The molecule has 4 nitrogen and oxygen atoms in total. The number of anilines is 1. The largest absolute Gasteiger partial charge is 0.619 e. The van der Waals surface area contributed by atoms with Gasteiger partial charge in [0.15, 0.2) is 5.75 Å². The first-order valence-corrected chi connectivity index (χ1v) is 2.75. The Balaban J connectivity index is 3.06. The number of nitrogens with zero attached hydrogens (tertiary/aromatic N) is 1. The second-order valence-electron chi connectivity index (χ2n) is 1.87. The molecule has 1 aromatic rings. The van der Waals surface area contributed by atoms with Gasteiger partial charge in [-0.3, -0.25) is 0 Å². The summed E-state index contributed by atoms with van der Waals surface area (Å²) in [5, 5.41) is 10.6. The molecule has 2 N–H and O–H groups in total. The quantitative estimate of drug-likeness (QED) is 0.438. The predicted molar refractivity (Wildman–Crippen MR) is 36.4 cm³/mol. The minimum Gasteiger partial charge on any atom is -0.619 e. The molecule has 0 bridgehead atoms. The fourth-order valence-corrected chi connectivity index (χ4v) is 0.660. The maximum Gasteiger partial charge on any atom is 0.222 e. The van der Waals surface area contributed by atoms with Gasteiger partial charge < -0.3 is 15.7 Å². The smallest absolute Gasteiger partial charge is 0.222 e. The number of aromatic nitrogens is 1. The molecule has 1 rings (SSSR count). The van der Waals surface area contributed by atoms with Gasteiger partial charge in [-0.05, 0) is 0 Å². The first-order valence-electron chi connectivity index (χ1n) is 2.75. The zero-order valence-electron chi connectivity index (χ0n) is 5.57. The van der Waals surface area contributed by atoms with Crippen LogP contribution in [0.5, 0.6) is 5.75 Å². The zero-order valence-corrected chi connectivity index (χ0v) is 5.57. The fourth-order valence-electron chi connectivity index (χ4n) is 0.660. The number of hydrogen-bond donors (Lipinski definition) is 1. The van der Waals surface area contributed by atoms with Gasteiger partial charge in [-0.2, -0.15) is 4.73 Å². The van der Waals surface area contributed by atoms with Crippen LogP contribution in [0.2, 0.25) is 0 Å². The van der Waals surface area contributed by atoms with E-state index in [1.54, 1.807) is 6.07 Å². The van der Waals surface area contributed by atoms with Gasteiger partial charge in [-0.15, -0.1) is 0 Å². The van der Waals surface area contributed by atoms with Crippen LogP contribution >= 0.6 is 0 Å². The molecule has 0 saturated heterocycles. The zero-order chi connectivity index (χ0) is 7.56. The van der Waals surface area contributed by atoms with Crippen molar-refractivity contribution in [2.45, 2.75) is 0 Å². The molecule has 0 atom stereocenters. The van der Waals surface area contributed by atoms with Gasteiger partial charge in [0, 0.05) is 6.07 Å². The van der Waals surface area contributed by atoms with E-state index < -0.39 is 0 Å². The highest BCUT2D eigenvalue weighted by atomic mass is 16.5. The SMILES string of the molecule is COc1cc(N)c[n+]([O-])c1. The summed E-state index contributed by atoms with van der Waals surface area (Å²) in [6.07, 6.45) is 2.57. The van der Waals surface area contributed by atoms with Gasteiger partial charge >= 0.3 is 0 Å². The lowest BCUT2D eigenvalue weighted by Crippen LogP contribution is -2.25. The number of ether oxygens (including phenoxy) is 1. The van der Waals surface area contributed by atoms with Crippen LogP contribution in [0.3, 0.4) is 0 Å². The van der Waals surface area contributed by atoms with Crippen LogP contribution in [0.4, 0.5) is 5.69 Å². The lowest BCUT2D eigenvalue weighted by molar-refractivity contribution is -0.605. The van der Waals surface area contributed by atoms with Crippen LogP contribution in [0.25, 0.3) is 0 Å². The lowest BCUT2D eigenvalue weighted by atomic mass is 10.4. The Labute approximate surface area is 58.4 Å². The summed E-state index contributed by atoms with van der Waals surface area (Å²) in [5.74, 6) is 0.468. The molecule has 0 unspecified atom stereocenters.